The molecule has 3 rings (SSSR count). The van der Waals surface area contributed by atoms with Gasteiger partial charge < -0.3 is 15.5 Å². The molecular formula is C21H26N4O. The predicted octanol–water partition coefficient (Wildman–Crippen LogP) is 2.24. The van der Waals surface area contributed by atoms with E-state index < -0.39 is 0 Å². The van der Waals surface area contributed by atoms with E-state index in [4.69, 9.17) is 0 Å². The van der Waals surface area contributed by atoms with E-state index in [0.717, 1.165) is 13.0 Å². The molecular weight excluding hydrogens is 324 g/mol. The zero-order chi connectivity index (χ0) is 18.4. The number of rotatable bonds is 4. The molecule has 0 radical (unpaired) electrons. The average Bonchev–Trinajstić information content (AvgIpc) is 2.68. The van der Waals surface area contributed by atoms with Crippen LogP contribution in [0.3, 0.4) is 0 Å². The number of nitrogens with zero attached hydrogens (tertiary/aromatic N) is 2. The van der Waals surface area contributed by atoms with Crippen molar-refractivity contribution in [3.8, 4) is 0 Å². The van der Waals surface area contributed by atoms with Crippen molar-refractivity contribution in [2.24, 2.45) is 4.99 Å². The number of guanidine groups is 1. The zero-order valence-electron chi connectivity index (χ0n) is 15.5. The van der Waals surface area contributed by atoms with Crippen LogP contribution in [0.5, 0.6) is 0 Å². The van der Waals surface area contributed by atoms with Crippen LogP contribution in [0, 0.1) is 6.92 Å². The lowest BCUT2D eigenvalue weighted by molar-refractivity contribution is -0.130. The Morgan fingerprint density at radius 3 is 2.58 bits per heavy atom. The molecule has 0 saturated carbocycles. The molecule has 5 nitrogen and oxygen atoms in total. The van der Waals surface area contributed by atoms with Crippen LogP contribution in [0.2, 0.25) is 0 Å². The third kappa shape index (κ3) is 4.42. The molecule has 1 aliphatic rings. The van der Waals surface area contributed by atoms with E-state index in [1.807, 2.05) is 23.1 Å². The lowest BCUT2D eigenvalue weighted by Gasteiger charge is -2.29. The van der Waals surface area contributed by atoms with Crippen LogP contribution >= 0.6 is 0 Å². The molecule has 0 bridgehead atoms. The molecule has 0 fully saturated rings. The minimum Gasteiger partial charge on any atom is -0.352 e. The summed E-state index contributed by atoms with van der Waals surface area (Å²) in [6.07, 6.45) is 0.919. The SMILES string of the molecule is CN=C(NCC(=O)N1CCc2ccccc2C1)NCc1ccccc1C. The van der Waals surface area contributed by atoms with Crippen LogP contribution in [0.15, 0.2) is 53.5 Å². The number of amides is 1. The molecule has 2 N–H and O–H groups in total. The maximum atomic E-state index is 12.5. The highest BCUT2D eigenvalue weighted by molar-refractivity contribution is 5.86. The molecule has 2 aromatic carbocycles. The van der Waals surface area contributed by atoms with Crippen molar-refractivity contribution >= 4 is 11.9 Å². The smallest absolute Gasteiger partial charge is 0.242 e. The summed E-state index contributed by atoms with van der Waals surface area (Å²) < 4.78 is 0. The summed E-state index contributed by atoms with van der Waals surface area (Å²) in [6, 6.07) is 16.6. The van der Waals surface area contributed by atoms with Gasteiger partial charge in [0.1, 0.15) is 0 Å². The Morgan fingerprint density at radius 2 is 1.81 bits per heavy atom. The first kappa shape index (κ1) is 18.0. The van der Waals surface area contributed by atoms with Gasteiger partial charge in [0.15, 0.2) is 5.96 Å². The number of aryl methyl sites for hydroxylation is 1. The van der Waals surface area contributed by atoms with Crippen LogP contribution < -0.4 is 10.6 Å². The van der Waals surface area contributed by atoms with Gasteiger partial charge in [-0.25, -0.2) is 0 Å². The van der Waals surface area contributed by atoms with Crippen LogP contribution in [0.25, 0.3) is 0 Å². The van der Waals surface area contributed by atoms with E-state index in [-0.39, 0.29) is 12.5 Å². The van der Waals surface area contributed by atoms with Gasteiger partial charge in [-0.1, -0.05) is 48.5 Å². The predicted molar refractivity (Wildman–Crippen MR) is 105 cm³/mol. The van der Waals surface area contributed by atoms with Crippen LogP contribution in [0.4, 0.5) is 0 Å². The van der Waals surface area contributed by atoms with Crippen molar-refractivity contribution in [2.45, 2.75) is 26.4 Å². The molecule has 1 amide bonds. The van der Waals surface area contributed by atoms with E-state index in [0.29, 0.717) is 19.0 Å². The largest absolute Gasteiger partial charge is 0.352 e. The fourth-order valence-corrected chi connectivity index (χ4v) is 3.19. The van der Waals surface area contributed by atoms with Crippen molar-refractivity contribution in [2.75, 3.05) is 20.1 Å². The van der Waals surface area contributed by atoms with E-state index in [2.05, 4.69) is 52.9 Å². The highest BCUT2D eigenvalue weighted by Crippen LogP contribution is 2.18. The number of nitrogens with one attached hydrogen (secondary N) is 2. The van der Waals surface area contributed by atoms with Crippen LogP contribution in [-0.2, 0) is 24.3 Å². The summed E-state index contributed by atoms with van der Waals surface area (Å²) in [5, 5.41) is 6.40. The fourth-order valence-electron chi connectivity index (χ4n) is 3.19. The van der Waals surface area contributed by atoms with E-state index in [1.54, 1.807) is 7.05 Å². The van der Waals surface area contributed by atoms with Crippen molar-refractivity contribution in [3.63, 3.8) is 0 Å². The second-order valence-electron chi connectivity index (χ2n) is 6.54. The molecule has 0 spiro atoms. The van der Waals surface area contributed by atoms with Crippen LogP contribution in [0.1, 0.15) is 22.3 Å². The Hall–Kier alpha value is -2.82. The molecule has 26 heavy (non-hydrogen) atoms. The van der Waals surface area contributed by atoms with Crippen molar-refractivity contribution < 1.29 is 4.79 Å². The Kier molecular flexibility index (Phi) is 5.89. The van der Waals surface area contributed by atoms with Gasteiger partial charge in [-0.2, -0.15) is 0 Å². The summed E-state index contributed by atoms with van der Waals surface area (Å²) in [7, 11) is 1.72. The highest BCUT2D eigenvalue weighted by atomic mass is 16.2. The summed E-state index contributed by atoms with van der Waals surface area (Å²) >= 11 is 0. The number of carbonyl (C=O) groups excluding carboxylic acids is 1. The molecule has 0 unspecified atom stereocenters. The maximum absolute atomic E-state index is 12.5. The Bertz CT molecular complexity index is 800. The fraction of sp³-hybridized carbons (Fsp3) is 0.333. The number of aliphatic imine (C=N–C) groups is 1. The third-order valence-electron chi connectivity index (χ3n) is 4.82. The van der Waals surface area contributed by atoms with E-state index in [9.17, 15) is 4.79 Å². The van der Waals surface area contributed by atoms with Gasteiger partial charge >= 0.3 is 0 Å². The number of carbonyl (C=O) groups is 1. The normalized spacial score (nSPS) is 13.9. The van der Waals surface area contributed by atoms with Crippen LogP contribution in [-0.4, -0.2) is 36.9 Å². The summed E-state index contributed by atoms with van der Waals surface area (Å²) in [5.74, 6) is 0.734. The Morgan fingerprint density at radius 1 is 1.08 bits per heavy atom. The quantitative estimate of drug-likeness (QED) is 0.657. The standard InChI is InChI=1S/C21H26N4O/c1-16-7-3-4-9-18(16)13-23-21(22-2)24-14-20(26)25-12-11-17-8-5-6-10-19(17)15-25/h3-10H,11-15H2,1-2H3,(H2,22,23,24). The molecule has 0 aliphatic carbocycles. The number of benzene rings is 2. The number of hydrogen-bond acceptors (Lipinski definition) is 2. The number of fused-ring (bicyclic) bond motifs is 1. The molecule has 1 heterocycles. The topological polar surface area (TPSA) is 56.7 Å². The monoisotopic (exact) mass is 350 g/mol. The van der Waals surface area contributed by atoms with Gasteiger partial charge in [0.2, 0.25) is 5.91 Å². The molecule has 0 atom stereocenters. The van der Waals surface area contributed by atoms with Crippen molar-refractivity contribution in [1.82, 2.24) is 15.5 Å². The first-order valence-corrected chi connectivity index (χ1v) is 9.01. The summed E-state index contributed by atoms with van der Waals surface area (Å²) in [6.45, 7) is 4.47. The minimum absolute atomic E-state index is 0.0957. The average molecular weight is 350 g/mol. The third-order valence-corrected chi connectivity index (χ3v) is 4.82. The van der Waals surface area contributed by atoms with Crippen molar-refractivity contribution in [3.05, 3.63) is 70.8 Å². The van der Waals surface area contributed by atoms with Gasteiger partial charge in [-0.05, 0) is 35.6 Å². The van der Waals surface area contributed by atoms with E-state index >= 15 is 0 Å². The minimum atomic E-state index is 0.0957. The first-order valence-electron chi connectivity index (χ1n) is 9.01. The Labute approximate surface area is 155 Å². The zero-order valence-corrected chi connectivity index (χ0v) is 15.5. The molecule has 2 aromatic rings. The second-order valence-corrected chi connectivity index (χ2v) is 6.54. The first-order chi connectivity index (χ1) is 12.7. The molecule has 136 valence electrons. The maximum Gasteiger partial charge on any atom is 0.242 e. The molecule has 5 heteroatoms. The molecule has 0 saturated heterocycles. The van der Waals surface area contributed by atoms with Gasteiger partial charge in [0.05, 0.1) is 6.54 Å². The second kappa shape index (κ2) is 8.52. The summed E-state index contributed by atoms with van der Waals surface area (Å²) in [5.41, 5.74) is 5.04. The van der Waals surface area contributed by atoms with Crippen molar-refractivity contribution in [1.29, 1.82) is 0 Å². The van der Waals surface area contributed by atoms with Gasteiger partial charge in [-0.3, -0.25) is 9.79 Å². The van der Waals surface area contributed by atoms with Gasteiger partial charge in [0, 0.05) is 26.7 Å². The van der Waals surface area contributed by atoms with E-state index in [1.165, 1.54) is 22.3 Å². The summed E-state index contributed by atoms with van der Waals surface area (Å²) in [4.78, 5) is 18.7. The van der Waals surface area contributed by atoms with Gasteiger partial charge in [-0.15, -0.1) is 0 Å². The van der Waals surface area contributed by atoms with Gasteiger partial charge in [0.25, 0.3) is 0 Å². The number of hydrogen-bond donors (Lipinski definition) is 2. The highest BCUT2D eigenvalue weighted by Gasteiger charge is 2.20. The lowest BCUT2D eigenvalue weighted by Crippen LogP contribution is -2.45. The molecule has 1 aliphatic heterocycles. The molecule has 0 aromatic heterocycles. The lowest BCUT2D eigenvalue weighted by atomic mass is 10.00. The Balaban J connectivity index is 1.49.